The third-order valence-electron chi connectivity index (χ3n) is 6.84. The van der Waals surface area contributed by atoms with Crippen molar-refractivity contribution >= 4 is 41.9 Å². The van der Waals surface area contributed by atoms with Crippen LogP contribution >= 0.6 is 34.8 Å². The average Bonchev–Trinajstić information content (AvgIpc) is 3.63. The lowest BCUT2D eigenvalue weighted by atomic mass is 9.93. The molecule has 0 fully saturated rings. The van der Waals surface area contributed by atoms with Gasteiger partial charge >= 0.3 is 0 Å². The molecule has 3 heterocycles. The molecule has 0 N–H and O–H groups in total. The standard InChI is InChI=1S/C30H24BCl3N6/c1-19-16-28(22-4-10-25(32)11-5-22)35-38(19)31(39-20(2)17-29(36-39)23-6-12-26(33)13-7-23)40-21(3)18-30(37-40)24-8-14-27(34)15-9-24/h4-18H,1-3H3/q-1. The molecule has 0 unspecified atom stereocenters. The minimum Gasteiger partial charge on any atom is -0.422 e. The number of aryl methyl sites for hydroxylation is 3. The highest BCUT2D eigenvalue weighted by Gasteiger charge is 2.20. The predicted octanol–water partition coefficient (Wildman–Crippen LogP) is 8.09. The number of nitrogens with zero attached hydrogens (tertiary/aromatic N) is 6. The molecule has 0 atom stereocenters. The lowest BCUT2D eigenvalue weighted by Gasteiger charge is -2.33. The molecule has 40 heavy (non-hydrogen) atoms. The molecule has 0 aliphatic carbocycles. The van der Waals surface area contributed by atoms with E-state index in [1.165, 1.54) is 0 Å². The van der Waals surface area contributed by atoms with Crippen LogP contribution in [0, 0.1) is 20.8 Å². The van der Waals surface area contributed by atoms with Crippen LogP contribution in [-0.4, -0.2) is 36.2 Å². The van der Waals surface area contributed by atoms with Crippen LogP contribution in [0.15, 0.2) is 91.0 Å². The molecule has 3 aromatic carbocycles. The van der Waals surface area contributed by atoms with Crippen LogP contribution in [-0.2, 0) is 0 Å². The summed E-state index contributed by atoms with van der Waals surface area (Å²) < 4.78 is 5.88. The van der Waals surface area contributed by atoms with E-state index in [-0.39, 0.29) is 0 Å². The third kappa shape index (κ3) is 5.08. The molecule has 0 saturated heterocycles. The number of hydrogen-bond acceptors (Lipinski definition) is 3. The van der Waals surface area contributed by atoms with Crippen LogP contribution < -0.4 is 0 Å². The molecular weight excluding hydrogens is 562 g/mol. The fraction of sp³-hybridized carbons (Fsp3) is 0.100. The van der Waals surface area contributed by atoms with Gasteiger partial charge in [0, 0.05) is 31.8 Å². The highest BCUT2D eigenvalue weighted by molar-refractivity contribution is 6.53. The van der Waals surface area contributed by atoms with E-state index in [1.54, 1.807) is 0 Å². The first-order valence-corrected chi connectivity index (χ1v) is 13.9. The van der Waals surface area contributed by atoms with Crippen LogP contribution in [0.25, 0.3) is 33.8 Å². The molecule has 199 valence electrons. The zero-order chi connectivity index (χ0) is 28.0. The van der Waals surface area contributed by atoms with E-state index in [1.807, 2.05) is 107 Å². The summed E-state index contributed by atoms with van der Waals surface area (Å²) >= 11 is 18.4. The fourth-order valence-electron chi connectivity index (χ4n) is 4.76. The van der Waals surface area contributed by atoms with Gasteiger partial charge in [0.15, 0.2) is 0 Å². The number of rotatable bonds is 6. The molecule has 0 aliphatic heterocycles. The first kappa shape index (κ1) is 26.4. The maximum absolute atomic E-state index is 6.14. The Labute approximate surface area is 247 Å². The van der Waals surface area contributed by atoms with Gasteiger partial charge in [-0.25, -0.2) is 15.3 Å². The lowest BCUT2D eigenvalue weighted by Crippen LogP contribution is -2.45. The van der Waals surface area contributed by atoms with Gasteiger partial charge in [0.2, 0.25) is 0 Å². The van der Waals surface area contributed by atoms with E-state index in [9.17, 15) is 0 Å². The van der Waals surface area contributed by atoms with Gasteiger partial charge in [-0.1, -0.05) is 71.2 Å². The van der Waals surface area contributed by atoms with Gasteiger partial charge in [0.05, 0.1) is 17.1 Å². The lowest BCUT2D eigenvalue weighted by molar-refractivity contribution is 0.743. The summed E-state index contributed by atoms with van der Waals surface area (Å²) in [4.78, 5) is 0. The van der Waals surface area contributed by atoms with E-state index in [0.29, 0.717) is 15.1 Å². The van der Waals surface area contributed by atoms with Gasteiger partial charge in [-0.3, -0.25) is 0 Å². The smallest absolute Gasteiger partial charge is 0.261 e. The van der Waals surface area contributed by atoms with Crippen LogP contribution in [0.5, 0.6) is 0 Å². The molecule has 6 nitrogen and oxygen atoms in total. The van der Waals surface area contributed by atoms with Crippen molar-refractivity contribution in [2.75, 3.05) is 0 Å². The maximum Gasteiger partial charge on any atom is 0.261 e. The zero-order valence-electron chi connectivity index (χ0n) is 22.1. The Balaban J connectivity index is 1.51. The van der Waals surface area contributed by atoms with Gasteiger partial charge in [-0.15, -0.1) is 0 Å². The molecule has 10 heteroatoms. The van der Waals surface area contributed by atoms with Crippen molar-refractivity contribution in [3.63, 3.8) is 0 Å². The summed E-state index contributed by atoms with van der Waals surface area (Å²) in [5.41, 5.74) is 8.32. The van der Waals surface area contributed by atoms with Gasteiger partial charge in [0.25, 0.3) is 7.12 Å². The second-order valence-corrected chi connectivity index (χ2v) is 11.0. The molecule has 0 saturated carbocycles. The summed E-state index contributed by atoms with van der Waals surface area (Å²) in [6.45, 7) is 6.12. The Kier molecular flexibility index (Phi) is 7.05. The average molecular weight is 586 g/mol. The van der Waals surface area contributed by atoms with Crippen molar-refractivity contribution in [2.45, 2.75) is 20.8 Å². The van der Waals surface area contributed by atoms with Crippen LogP contribution in [0.4, 0.5) is 0 Å². The number of benzene rings is 3. The van der Waals surface area contributed by atoms with Crippen molar-refractivity contribution in [3.8, 4) is 33.8 Å². The van der Waals surface area contributed by atoms with Crippen molar-refractivity contribution in [2.24, 2.45) is 0 Å². The molecule has 0 aliphatic rings. The second-order valence-electron chi connectivity index (χ2n) is 9.71. The predicted molar refractivity (Wildman–Crippen MR) is 164 cm³/mol. The first-order valence-electron chi connectivity index (χ1n) is 12.7. The Bertz CT molecular complexity index is 1590. The molecule has 0 spiro atoms. The Morgan fingerprint density at radius 1 is 0.450 bits per heavy atom. The third-order valence-corrected chi connectivity index (χ3v) is 7.60. The molecular formula is C30H24BCl3N6-. The molecule has 6 rings (SSSR count). The van der Waals surface area contributed by atoms with E-state index in [2.05, 4.69) is 18.2 Å². The highest BCUT2D eigenvalue weighted by Crippen LogP contribution is 2.26. The molecule has 0 bridgehead atoms. The van der Waals surface area contributed by atoms with Gasteiger partial charge in [0.1, 0.15) is 0 Å². The molecule has 1 radical (unpaired) electrons. The normalized spacial score (nSPS) is 11.5. The Hall–Kier alpha value is -3.78. The molecule has 3 aromatic heterocycles. The quantitative estimate of drug-likeness (QED) is 0.186. The van der Waals surface area contributed by atoms with E-state index in [0.717, 1.165) is 50.9 Å². The summed E-state index contributed by atoms with van der Waals surface area (Å²) in [5.74, 6) is 0. The Morgan fingerprint density at radius 3 is 0.950 bits per heavy atom. The van der Waals surface area contributed by atoms with Gasteiger partial charge in [-0.05, 0) is 92.5 Å². The molecule has 0 amide bonds. The van der Waals surface area contributed by atoms with E-state index < -0.39 is 7.12 Å². The monoisotopic (exact) mass is 584 g/mol. The molecule has 6 aromatic rings. The van der Waals surface area contributed by atoms with Crippen molar-refractivity contribution < 1.29 is 0 Å². The van der Waals surface area contributed by atoms with E-state index in [4.69, 9.17) is 50.1 Å². The van der Waals surface area contributed by atoms with Crippen molar-refractivity contribution in [3.05, 3.63) is 123 Å². The van der Waals surface area contributed by atoms with Crippen LogP contribution in [0.1, 0.15) is 17.1 Å². The van der Waals surface area contributed by atoms with Gasteiger partial charge < -0.3 is 13.8 Å². The van der Waals surface area contributed by atoms with Crippen molar-refractivity contribution in [1.82, 2.24) is 29.1 Å². The SMILES string of the molecule is Cc1cc(-c2ccc(Cl)cc2)nn1[B-](n1nc(-c2ccc(Cl)cc2)cc1C)n1nc(-c2ccc(Cl)cc2)cc1C. The summed E-state index contributed by atoms with van der Waals surface area (Å²) in [6.07, 6.45) is 0. The first-order chi connectivity index (χ1) is 19.3. The number of hydrogen-bond donors (Lipinski definition) is 0. The zero-order valence-corrected chi connectivity index (χ0v) is 24.3. The topological polar surface area (TPSA) is 53.5 Å². The van der Waals surface area contributed by atoms with Crippen molar-refractivity contribution in [1.29, 1.82) is 0 Å². The van der Waals surface area contributed by atoms with E-state index >= 15 is 0 Å². The largest absolute Gasteiger partial charge is 0.422 e. The highest BCUT2D eigenvalue weighted by atomic mass is 35.5. The fourth-order valence-corrected chi connectivity index (χ4v) is 5.14. The van der Waals surface area contributed by atoms with Crippen LogP contribution in [0.2, 0.25) is 15.1 Å². The summed E-state index contributed by atoms with van der Waals surface area (Å²) in [6, 6.07) is 29.2. The minimum absolute atomic E-state index is 0.497. The number of aromatic nitrogens is 6. The minimum atomic E-state index is -0.497. The Morgan fingerprint density at radius 2 is 0.700 bits per heavy atom. The van der Waals surface area contributed by atoms with Gasteiger partial charge in [-0.2, -0.15) is 0 Å². The summed E-state index contributed by atoms with van der Waals surface area (Å²) in [5, 5.41) is 17.2. The summed E-state index contributed by atoms with van der Waals surface area (Å²) in [7, 11) is -0.497. The number of halogens is 3. The van der Waals surface area contributed by atoms with Crippen LogP contribution in [0.3, 0.4) is 0 Å². The second kappa shape index (κ2) is 10.7. The maximum atomic E-state index is 6.14.